The fraction of sp³-hybridized carbons (Fsp3) is 0.429. The Kier molecular flexibility index (Phi) is 2.56. The Morgan fingerprint density at radius 1 is 1.31 bits per heavy atom. The van der Waals surface area contributed by atoms with E-state index in [0.717, 1.165) is 12.3 Å². The third-order valence-electron chi connectivity index (χ3n) is 3.98. The second-order valence-corrected chi connectivity index (χ2v) is 5.70. The molecule has 0 amide bonds. The van der Waals surface area contributed by atoms with Gasteiger partial charge in [0.1, 0.15) is 0 Å². The second kappa shape index (κ2) is 3.94. The van der Waals surface area contributed by atoms with Gasteiger partial charge in [0.15, 0.2) is 0 Å². The fourth-order valence-electron chi connectivity index (χ4n) is 3.03. The summed E-state index contributed by atoms with van der Waals surface area (Å²) in [6, 6.07) is 8.87. The molecule has 0 spiro atoms. The monoisotopic (exact) mass is 231 g/mol. The summed E-state index contributed by atoms with van der Waals surface area (Å²) in [7, 11) is 2.11. The molecule has 1 N–H and O–H groups in total. The maximum absolute atomic E-state index is 3.61. The number of nitrogens with one attached hydrogen (secondary N) is 1. The predicted molar refractivity (Wildman–Crippen MR) is 69.8 cm³/mol. The zero-order chi connectivity index (χ0) is 11.0. The van der Waals surface area contributed by atoms with Crippen molar-refractivity contribution in [2.45, 2.75) is 23.3 Å². The third-order valence-corrected chi connectivity index (χ3v) is 5.21. The van der Waals surface area contributed by atoms with E-state index in [-0.39, 0.29) is 5.54 Å². The molecule has 2 aliphatic rings. The minimum Gasteiger partial charge on any atom is -0.310 e. The Morgan fingerprint density at radius 3 is 3.06 bits per heavy atom. The summed E-state index contributed by atoms with van der Waals surface area (Å²) in [6.45, 7) is 0. The number of thioether (sulfide) groups is 1. The zero-order valence-electron chi connectivity index (χ0n) is 9.57. The Labute approximate surface area is 101 Å². The van der Waals surface area contributed by atoms with Gasteiger partial charge in [-0.3, -0.25) is 0 Å². The quantitative estimate of drug-likeness (QED) is 0.745. The van der Waals surface area contributed by atoms with Gasteiger partial charge in [-0.2, -0.15) is 0 Å². The molecule has 2 heteroatoms. The lowest BCUT2D eigenvalue weighted by atomic mass is 9.72. The molecule has 0 saturated heterocycles. The second-order valence-electron chi connectivity index (χ2n) is 4.64. The lowest BCUT2D eigenvalue weighted by Gasteiger charge is -2.46. The normalized spacial score (nSPS) is 31.9. The van der Waals surface area contributed by atoms with Crippen LogP contribution in [0.25, 0.3) is 0 Å². The minimum absolute atomic E-state index is 0.191. The van der Waals surface area contributed by atoms with Gasteiger partial charge in [-0.1, -0.05) is 30.4 Å². The van der Waals surface area contributed by atoms with E-state index in [4.69, 9.17) is 0 Å². The summed E-state index contributed by atoms with van der Waals surface area (Å²) >= 11 is 2.01. The first-order valence-electron chi connectivity index (χ1n) is 5.93. The summed E-state index contributed by atoms with van der Waals surface area (Å²) in [4.78, 5) is 1.46. The van der Waals surface area contributed by atoms with Gasteiger partial charge in [-0.05, 0) is 37.4 Å². The molecule has 0 radical (unpaired) electrons. The molecule has 3 rings (SSSR count). The van der Waals surface area contributed by atoms with E-state index < -0.39 is 0 Å². The van der Waals surface area contributed by atoms with Gasteiger partial charge in [0.2, 0.25) is 0 Å². The Hall–Kier alpha value is -0.730. The third kappa shape index (κ3) is 1.36. The van der Waals surface area contributed by atoms with Gasteiger partial charge in [-0.15, -0.1) is 11.8 Å². The predicted octanol–water partition coefficient (Wildman–Crippen LogP) is 3.17. The van der Waals surface area contributed by atoms with Crippen molar-refractivity contribution in [3.05, 3.63) is 42.0 Å². The van der Waals surface area contributed by atoms with Crippen LogP contribution >= 0.6 is 11.8 Å². The molecule has 1 aromatic rings. The molecule has 0 fully saturated rings. The number of hydrogen-bond acceptors (Lipinski definition) is 2. The number of fused-ring (bicyclic) bond motifs is 3. The first kappa shape index (κ1) is 10.4. The highest BCUT2D eigenvalue weighted by Crippen LogP contribution is 2.48. The highest BCUT2D eigenvalue weighted by Gasteiger charge is 2.43. The highest BCUT2D eigenvalue weighted by molar-refractivity contribution is 7.99. The van der Waals surface area contributed by atoms with Crippen LogP contribution in [-0.4, -0.2) is 12.8 Å². The minimum atomic E-state index is 0.191. The summed E-state index contributed by atoms with van der Waals surface area (Å²) in [6.07, 6.45) is 7.02. The number of hydrogen-bond donors (Lipinski definition) is 1. The lowest BCUT2D eigenvalue weighted by Crippen LogP contribution is -2.50. The maximum Gasteiger partial charge on any atom is 0.0517 e. The van der Waals surface area contributed by atoms with Crippen molar-refractivity contribution in [1.82, 2.24) is 5.32 Å². The van der Waals surface area contributed by atoms with Crippen LogP contribution in [0.5, 0.6) is 0 Å². The van der Waals surface area contributed by atoms with Crippen molar-refractivity contribution in [2.75, 3.05) is 12.8 Å². The van der Waals surface area contributed by atoms with Crippen molar-refractivity contribution < 1.29 is 0 Å². The summed E-state index contributed by atoms with van der Waals surface area (Å²) in [5.74, 6) is 1.98. The summed E-state index contributed by atoms with van der Waals surface area (Å²) in [5.41, 5.74) is 1.69. The molecule has 1 nitrogen and oxygen atoms in total. The van der Waals surface area contributed by atoms with Crippen LogP contribution in [0.1, 0.15) is 18.4 Å². The molecule has 2 unspecified atom stereocenters. The van der Waals surface area contributed by atoms with E-state index >= 15 is 0 Å². The number of rotatable bonds is 1. The molecule has 0 saturated carbocycles. The summed E-state index contributed by atoms with van der Waals surface area (Å²) in [5, 5.41) is 3.61. The highest BCUT2D eigenvalue weighted by atomic mass is 32.2. The van der Waals surface area contributed by atoms with Gasteiger partial charge in [0, 0.05) is 10.6 Å². The standard InChI is InChI=1S/C14H17NS/c1-15-14-9-5-4-6-11(14)10-16-13-8-3-2-7-12(13)14/h2-5,7-8,11,15H,6,9-10H2,1H3. The molecule has 16 heavy (non-hydrogen) atoms. The largest absolute Gasteiger partial charge is 0.310 e. The summed E-state index contributed by atoms with van der Waals surface area (Å²) < 4.78 is 0. The molecule has 84 valence electrons. The van der Waals surface area contributed by atoms with Crippen LogP contribution in [0.15, 0.2) is 41.3 Å². The van der Waals surface area contributed by atoms with Crippen LogP contribution in [0.3, 0.4) is 0 Å². The zero-order valence-corrected chi connectivity index (χ0v) is 10.4. The van der Waals surface area contributed by atoms with Crippen LogP contribution < -0.4 is 5.32 Å². The van der Waals surface area contributed by atoms with Crippen LogP contribution in [-0.2, 0) is 5.54 Å². The fourth-order valence-corrected chi connectivity index (χ4v) is 4.41. The first-order chi connectivity index (χ1) is 7.87. The molecule has 1 heterocycles. The molecule has 0 aromatic heterocycles. The lowest BCUT2D eigenvalue weighted by molar-refractivity contribution is 0.228. The van der Waals surface area contributed by atoms with E-state index in [1.807, 2.05) is 11.8 Å². The molecule has 0 bridgehead atoms. The van der Waals surface area contributed by atoms with Gasteiger partial charge in [0.25, 0.3) is 0 Å². The molecule has 1 aliphatic carbocycles. The van der Waals surface area contributed by atoms with Crippen molar-refractivity contribution in [3.63, 3.8) is 0 Å². The smallest absolute Gasteiger partial charge is 0.0517 e. The Balaban J connectivity index is 2.15. The first-order valence-corrected chi connectivity index (χ1v) is 6.91. The average Bonchev–Trinajstić information content (AvgIpc) is 2.38. The molecular weight excluding hydrogens is 214 g/mol. The SMILES string of the molecule is CNC12CC=CCC1CSc1ccccc12. The van der Waals surface area contributed by atoms with Crippen LogP contribution in [0, 0.1) is 5.92 Å². The molecular formula is C14H17NS. The Morgan fingerprint density at radius 2 is 2.19 bits per heavy atom. The van der Waals surface area contributed by atoms with E-state index in [9.17, 15) is 0 Å². The van der Waals surface area contributed by atoms with Crippen molar-refractivity contribution >= 4 is 11.8 Å². The van der Waals surface area contributed by atoms with Gasteiger partial charge in [-0.25, -0.2) is 0 Å². The topological polar surface area (TPSA) is 12.0 Å². The van der Waals surface area contributed by atoms with Crippen LogP contribution in [0.4, 0.5) is 0 Å². The van der Waals surface area contributed by atoms with Crippen molar-refractivity contribution in [2.24, 2.45) is 5.92 Å². The Bertz CT molecular complexity index is 426. The van der Waals surface area contributed by atoms with E-state index in [0.29, 0.717) is 0 Å². The van der Waals surface area contributed by atoms with Gasteiger partial charge >= 0.3 is 0 Å². The molecule has 2 atom stereocenters. The number of allylic oxidation sites excluding steroid dienone is 1. The maximum atomic E-state index is 3.61. The van der Waals surface area contributed by atoms with Crippen molar-refractivity contribution in [3.8, 4) is 0 Å². The van der Waals surface area contributed by atoms with Crippen molar-refractivity contribution in [1.29, 1.82) is 0 Å². The van der Waals surface area contributed by atoms with Gasteiger partial charge in [0.05, 0.1) is 5.54 Å². The van der Waals surface area contributed by atoms with Gasteiger partial charge < -0.3 is 5.32 Å². The van der Waals surface area contributed by atoms with E-state index in [1.54, 1.807) is 0 Å². The van der Waals surface area contributed by atoms with Crippen LogP contribution in [0.2, 0.25) is 0 Å². The number of benzene rings is 1. The molecule has 1 aliphatic heterocycles. The average molecular weight is 231 g/mol. The van der Waals surface area contributed by atoms with E-state index in [2.05, 4.69) is 48.8 Å². The van der Waals surface area contributed by atoms with E-state index in [1.165, 1.54) is 22.6 Å². The molecule has 1 aromatic carbocycles.